The Morgan fingerprint density at radius 2 is 2.00 bits per heavy atom. The van der Waals surface area contributed by atoms with Crippen LogP contribution in [-0.4, -0.2) is 50.9 Å². The number of aryl methyl sites for hydroxylation is 1. The van der Waals surface area contributed by atoms with Crippen LogP contribution in [0.4, 0.5) is 0 Å². The third-order valence-corrected chi connectivity index (χ3v) is 6.04. The number of fused-ring (bicyclic) bond motifs is 1. The maximum absolute atomic E-state index is 13.1. The Balaban J connectivity index is 1.69. The third kappa shape index (κ3) is 3.72. The molecule has 6 nitrogen and oxygen atoms in total. The zero-order valence-corrected chi connectivity index (χ0v) is 16.8. The van der Waals surface area contributed by atoms with Crippen molar-refractivity contribution in [2.75, 3.05) is 20.6 Å². The molecule has 27 heavy (non-hydrogen) atoms. The van der Waals surface area contributed by atoms with Crippen LogP contribution in [0, 0.1) is 12.8 Å². The fourth-order valence-electron chi connectivity index (χ4n) is 4.85. The number of carbonyl (C=O) groups excluding carboxylic acids is 1. The summed E-state index contributed by atoms with van der Waals surface area (Å²) in [5.41, 5.74) is 4.16. The van der Waals surface area contributed by atoms with E-state index in [9.17, 15) is 4.79 Å². The van der Waals surface area contributed by atoms with Crippen molar-refractivity contribution in [2.45, 2.75) is 64.5 Å². The molecule has 0 spiro atoms. The number of hydrogen-bond acceptors (Lipinski definition) is 4. The predicted octanol–water partition coefficient (Wildman–Crippen LogP) is 3.34. The van der Waals surface area contributed by atoms with Crippen molar-refractivity contribution in [3.63, 3.8) is 0 Å². The van der Waals surface area contributed by atoms with E-state index in [1.807, 2.05) is 23.7 Å². The number of nitrogens with zero attached hydrogens (tertiary/aromatic N) is 5. The minimum atomic E-state index is 0.110. The van der Waals surface area contributed by atoms with Crippen LogP contribution < -0.4 is 0 Å². The first-order chi connectivity index (χ1) is 13.0. The average Bonchev–Trinajstić information content (AvgIpc) is 3.33. The predicted molar refractivity (Wildman–Crippen MR) is 105 cm³/mol. The Morgan fingerprint density at radius 3 is 2.74 bits per heavy atom. The Morgan fingerprint density at radius 1 is 1.22 bits per heavy atom. The van der Waals surface area contributed by atoms with E-state index in [0.717, 1.165) is 43.0 Å². The van der Waals surface area contributed by atoms with Crippen LogP contribution >= 0.6 is 0 Å². The van der Waals surface area contributed by atoms with Gasteiger partial charge in [0.15, 0.2) is 5.65 Å². The summed E-state index contributed by atoms with van der Waals surface area (Å²) in [5, 5.41) is 4.72. The molecule has 1 aliphatic heterocycles. The first kappa shape index (κ1) is 18.4. The molecule has 1 amide bonds. The monoisotopic (exact) mass is 369 g/mol. The zero-order valence-electron chi connectivity index (χ0n) is 16.8. The van der Waals surface area contributed by atoms with Crippen molar-refractivity contribution in [1.82, 2.24) is 24.4 Å². The maximum Gasteiger partial charge on any atom is 0.223 e. The third-order valence-electron chi connectivity index (χ3n) is 6.04. The van der Waals surface area contributed by atoms with Crippen molar-refractivity contribution in [3.05, 3.63) is 29.2 Å². The molecule has 0 bridgehead atoms. The van der Waals surface area contributed by atoms with E-state index >= 15 is 0 Å². The van der Waals surface area contributed by atoms with Crippen LogP contribution in [-0.2, 0) is 11.3 Å². The molecule has 0 unspecified atom stereocenters. The van der Waals surface area contributed by atoms with Gasteiger partial charge in [-0.3, -0.25) is 4.79 Å². The molecule has 2 aliphatic rings. The van der Waals surface area contributed by atoms with E-state index in [0.29, 0.717) is 18.2 Å². The molecule has 0 radical (unpaired) electrons. The molecule has 4 rings (SSSR count). The second-order valence-corrected chi connectivity index (χ2v) is 8.56. The lowest BCUT2D eigenvalue weighted by Crippen LogP contribution is -2.33. The molecule has 3 heterocycles. The van der Waals surface area contributed by atoms with Gasteiger partial charge in [-0.05, 0) is 52.6 Å². The molecule has 2 fully saturated rings. The number of aromatic nitrogens is 3. The standard InChI is InChI=1S/C21H31N5O/c1-15-11-19-22-13-17(14-24(2)3)21(26(19)23-15)18-9-6-10-25(18)20(27)12-16-7-4-5-8-16/h11,13,16,18H,4-10,12,14H2,1-3H3/t18-/m1/s1. The van der Waals surface area contributed by atoms with Crippen molar-refractivity contribution in [3.8, 4) is 0 Å². The lowest BCUT2D eigenvalue weighted by molar-refractivity contribution is -0.133. The summed E-state index contributed by atoms with van der Waals surface area (Å²) in [4.78, 5) is 22.0. The first-order valence-electron chi connectivity index (χ1n) is 10.3. The fourth-order valence-corrected chi connectivity index (χ4v) is 4.85. The molecule has 146 valence electrons. The van der Waals surface area contributed by atoms with Gasteiger partial charge in [-0.25, -0.2) is 9.50 Å². The van der Waals surface area contributed by atoms with Crippen LogP contribution in [0.5, 0.6) is 0 Å². The van der Waals surface area contributed by atoms with Gasteiger partial charge in [0, 0.05) is 37.3 Å². The lowest BCUT2D eigenvalue weighted by Gasteiger charge is -2.28. The summed E-state index contributed by atoms with van der Waals surface area (Å²) in [6.07, 6.45) is 9.76. The highest BCUT2D eigenvalue weighted by Crippen LogP contribution is 2.36. The smallest absolute Gasteiger partial charge is 0.223 e. The Kier molecular flexibility index (Phi) is 5.17. The molecule has 0 N–H and O–H groups in total. The SMILES string of the molecule is Cc1cc2ncc(CN(C)C)c([C@H]3CCCN3C(=O)CC3CCCC3)n2n1. The van der Waals surface area contributed by atoms with Gasteiger partial charge < -0.3 is 9.80 Å². The number of hydrogen-bond donors (Lipinski definition) is 0. The lowest BCUT2D eigenvalue weighted by atomic mass is 10.0. The summed E-state index contributed by atoms with van der Waals surface area (Å²) in [7, 11) is 4.14. The Labute approximate surface area is 161 Å². The van der Waals surface area contributed by atoms with Crippen LogP contribution in [0.15, 0.2) is 12.3 Å². The van der Waals surface area contributed by atoms with Crippen LogP contribution in [0.3, 0.4) is 0 Å². The first-order valence-corrected chi connectivity index (χ1v) is 10.3. The van der Waals surface area contributed by atoms with Gasteiger partial charge in [-0.1, -0.05) is 12.8 Å². The van der Waals surface area contributed by atoms with Crippen molar-refractivity contribution in [2.24, 2.45) is 5.92 Å². The largest absolute Gasteiger partial charge is 0.334 e. The summed E-state index contributed by atoms with van der Waals surface area (Å²) in [5.74, 6) is 0.915. The van der Waals surface area contributed by atoms with Crippen LogP contribution in [0.1, 0.15) is 67.9 Å². The van der Waals surface area contributed by atoms with Gasteiger partial charge in [-0.15, -0.1) is 0 Å². The molecule has 2 aromatic rings. The molecule has 0 aromatic carbocycles. The minimum absolute atomic E-state index is 0.110. The second-order valence-electron chi connectivity index (χ2n) is 8.56. The van der Waals surface area contributed by atoms with Gasteiger partial charge >= 0.3 is 0 Å². The van der Waals surface area contributed by atoms with Crippen LogP contribution in [0.25, 0.3) is 5.65 Å². The van der Waals surface area contributed by atoms with Gasteiger partial charge in [0.05, 0.1) is 17.4 Å². The van der Waals surface area contributed by atoms with E-state index in [1.54, 1.807) is 0 Å². The minimum Gasteiger partial charge on any atom is -0.334 e. The van der Waals surface area contributed by atoms with Gasteiger partial charge in [0.25, 0.3) is 0 Å². The molecule has 6 heteroatoms. The summed E-state index contributed by atoms with van der Waals surface area (Å²) < 4.78 is 1.99. The Bertz CT molecular complexity index is 821. The van der Waals surface area contributed by atoms with Gasteiger partial charge in [0.2, 0.25) is 5.91 Å². The number of amides is 1. The second kappa shape index (κ2) is 7.58. The van der Waals surface area contributed by atoms with Crippen molar-refractivity contribution < 1.29 is 4.79 Å². The highest BCUT2D eigenvalue weighted by atomic mass is 16.2. The zero-order chi connectivity index (χ0) is 19.0. The van der Waals surface area contributed by atoms with Crippen molar-refractivity contribution in [1.29, 1.82) is 0 Å². The molecule has 1 saturated heterocycles. The van der Waals surface area contributed by atoms with Crippen LogP contribution in [0.2, 0.25) is 0 Å². The van der Waals surface area contributed by atoms with E-state index in [1.165, 1.54) is 31.2 Å². The molecule has 1 aliphatic carbocycles. The van der Waals surface area contributed by atoms with E-state index in [2.05, 4.69) is 28.9 Å². The number of carbonyl (C=O) groups is 1. The number of likely N-dealkylation sites (tertiary alicyclic amines) is 1. The summed E-state index contributed by atoms with van der Waals surface area (Å²) in [6, 6.07) is 2.13. The molecule has 1 atom stereocenters. The topological polar surface area (TPSA) is 53.7 Å². The van der Waals surface area contributed by atoms with E-state index in [-0.39, 0.29) is 6.04 Å². The maximum atomic E-state index is 13.1. The van der Waals surface area contributed by atoms with Crippen molar-refractivity contribution >= 4 is 11.6 Å². The molecule has 1 saturated carbocycles. The van der Waals surface area contributed by atoms with Gasteiger partial charge in [-0.2, -0.15) is 5.10 Å². The highest BCUT2D eigenvalue weighted by Gasteiger charge is 2.34. The summed E-state index contributed by atoms with van der Waals surface area (Å²) in [6.45, 7) is 3.67. The van der Waals surface area contributed by atoms with E-state index < -0.39 is 0 Å². The average molecular weight is 370 g/mol. The van der Waals surface area contributed by atoms with E-state index in [4.69, 9.17) is 5.10 Å². The summed E-state index contributed by atoms with van der Waals surface area (Å²) >= 11 is 0. The fraction of sp³-hybridized carbons (Fsp3) is 0.667. The molecular formula is C21H31N5O. The number of rotatable bonds is 5. The molecule has 2 aromatic heterocycles. The Hall–Kier alpha value is -1.95. The molecular weight excluding hydrogens is 338 g/mol. The quantitative estimate of drug-likeness (QED) is 0.811. The highest BCUT2D eigenvalue weighted by molar-refractivity contribution is 5.77. The normalized spacial score (nSPS) is 21.0. The van der Waals surface area contributed by atoms with Gasteiger partial charge in [0.1, 0.15) is 0 Å².